The summed E-state index contributed by atoms with van der Waals surface area (Å²) in [5.41, 5.74) is 0.00319. The van der Waals surface area contributed by atoms with E-state index in [-0.39, 0.29) is 23.9 Å². The Morgan fingerprint density at radius 3 is 2.74 bits per heavy atom. The standard InChI is InChI=1S/C18H18N6O3/c1-11-16-20-15(12-5-3-2-4-6-12)22-24(16)8-7-23(11)14(25)9-13-10-19-18(27)21-17(13)26/h2-6,10-11H,7-9H2,1H3,(H2,19,21,26,27)/t11-/m0/s1. The van der Waals surface area contributed by atoms with Gasteiger partial charge in [0, 0.05) is 23.9 Å². The minimum atomic E-state index is -0.593. The first-order valence-electron chi connectivity index (χ1n) is 8.63. The number of carbonyl (C=O) groups is 1. The van der Waals surface area contributed by atoms with Gasteiger partial charge < -0.3 is 9.88 Å². The molecule has 1 aliphatic rings. The molecule has 138 valence electrons. The molecule has 4 rings (SSSR count). The zero-order chi connectivity index (χ0) is 19.0. The van der Waals surface area contributed by atoms with Crippen LogP contribution in [0.3, 0.4) is 0 Å². The molecule has 3 heterocycles. The van der Waals surface area contributed by atoms with Gasteiger partial charge in [-0.05, 0) is 6.92 Å². The van der Waals surface area contributed by atoms with Crippen molar-refractivity contribution in [2.45, 2.75) is 25.9 Å². The third kappa shape index (κ3) is 3.19. The number of nitrogens with zero attached hydrogens (tertiary/aromatic N) is 4. The molecule has 9 heteroatoms. The number of H-pyrrole nitrogens is 2. The Labute approximate surface area is 153 Å². The highest BCUT2D eigenvalue weighted by atomic mass is 16.2. The van der Waals surface area contributed by atoms with Crippen molar-refractivity contribution in [2.24, 2.45) is 0 Å². The summed E-state index contributed by atoms with van der Waals surface area (Å²) in [6.07, 6.45) is 1.19. The highest BCUT2D eigenvalue weighted by Crippen LogP contribution is 2.26. The van der Waals surface area contributed by atoms with Crippen LogP contribution in [0.15, 0.2) is 46.1 Å². The molecule has 1 aromatic carbocycles. The summed E-state index contributed by atoms with van der Waals surface area (Å²) in [6.45, 7) is 2.91. The molecular formula is C18H18N6O3. The molecule has 0 spiro atoms. The predicted molar refractivity (Wildman–Crippen MR) is 97.0 cm³/mol. The SMILES string of the molecule is C[C@H]1c2nc(-c3ccccc3)nn2CCN1C(=O)Cc1c[nH]c(=O)[nH]c1=O. The number of nitrogens with one attached hydrogen (secondary N) is 2. The first-order valence-corrected chi connectivity index (χ1v) is 8.63. The fourth-order valence-electron chi connectivity index (χ4n) is 3.25. The summed E-state index contributed by atoms with van der Waals surface area (Å²) in [6, 6.07) is 9.40. The smallest absolute Gasteiger partial charge is 0.325 e. The van der Waals surface area contributed by atoms with Crippen molar-refractivity contribution in [1.82, 2.24) is 29.6 Å². The van der Waals surface area contributed by atoms with E-state index < -0.39 is 11.2 Å². The van der Waals surface area contributed by atoms with E-state index in [4.69, 9.17) is 0 Å². The van der Waals surface area contributed by atoms with Gasteiger partial charge in [0.1, 0.15) is 5.82 Å². The number of fused-ring (bicyclic) bond motifs is 1. The van der Waals surface area contributed by atoms with E-state index in [2.05, 4.69) is 20.1 Å². The fourth-order valence-corrected chi connectivity index (χ4v) is 3.25. The van der Waals surface area contributed by atoms with Crippen LogP contribution in [0.2, 0.25) is 0 Å². The summed E-state index contributed by atoms with van der Waals surface area (Å²) in [5.74, 6) is 1.14. The Morgan fingerprint density at radius 1 is 1.22 bits per heavy atom. The molecule has 1 aliphatic heterocycles. The molecule has 27 heavy (non-hydrogen) atoms. The topological polar surface area (TPSA) is 117 Å². The quantitative estimate of drug-likeness (QED) is 0.699. The number of benzene rings is 1. The highest BCUT2D eigenvalue weighted by Gasteiger charge is 2.31. The number of amides is 1. The second-order valence-electron chi connectivity index (χ2n) is 6.42. The van der Waals surface area contributed by atoms with Crippen LogP contribution in [0.5, 0.6) is 0 Å². The lowest BCUT2D eigenvalue weighted by Gasteiger charge is -2.32. The maximum Gasteiger partial charge on any atom is 0.325 e. The van der Waals surface area contributed by atoms with Gasteiger partial charge in [0.2, 0.25) is 5.91 Å². The van der Waals surface area contributed by atoms with E-state index in [1.165, 1.54) is 6.20 Å². The minimum absolute atomic E-state index is 0.0872. The molecule has 0 saturated carbocycles. The van der Waals surface area contributed by atoms with Crippen LogP contribution in [-0.4, -0.2) is 42.1 Å². The molecule has 1 amide bonds. The second kappa shape index (κ2) is 6.67. The lowest BCUT2D eigenvalue weighted by atomic mass is 10.1. The van der Waals surface area contributed by atoms with E-state index in [0.717, 1.165) is 5.56 Å². The third-order valence-corrected chi connectivity index (χ3v) is 4.68. The van der Waals surface area contributed by atoms with Crippen molar-refractivity contribution in [2.75, 3.05) is 6.54 Å². The lowest BCUT2D eigenvalue weighted by Crippen LogP contribution is -2.43. The largest absolute Gasteiger partial charge is 0.331 e. The van der Waals surface area contributed by atoms with Gasteiger partial charge in [-0.25, -0.2) is 14.5 Å². The first-order chi connectivity index (χ1) is 13.0. The molecular weight excluding hydrogens is 348 g/mol. The van der Waals surface area contributed by atoms with Crippen LogP contribution in [-0.2, 0) is 17.8 Å². The van der Waals surface area contributed by atoms with Crippen molar-refractivity contribution in [3.05, 3.63) is 68.8 Å². The lowest BCUT2D eigenvalue weighted by molar-refractivity contribution is -0.133. The zero-order valence-electron chi connectivity index (χ0n) is 14.7. The van der Waals surface area contributed by atoms with Crippen LogP contribution >= 0.6 is 0 Å². The molecule has 0 bridgehead atoms. The van der Waals surface area contributed by atoms with Gasteiger partial charge in [-0.15, -0.1) is 0 Å². The average molecular weight is 366 g/mol. The van der Waals surface area contributed by atoms with E-state index >= 15 is 0 Å². The highest BCUT2D eigenvalue weighted by molar-refractivity contribution is 5.79. The van der Waals surface area contributed by atoms with Gasteiger partial charge in [-0.3, -0.25) is 14.6 Å². The maximum atomic E-state index is 12.7. The monoisotopic (exact) mass is 366 g/mol. The Hall–Kier alpha value is -3.49. The molecule has 0 radical (unpaired) electrons. The molecule has 9 nitrogen and oxygen atoms in total. The molecule has 3 aromatic rings. The van der Waals surface area contributed by atoms with Crippen molar-refractivity contribution in [3.63, 3.8) is 0 Å². The molecule has 2 N–H and O–H groups in total. The zero-order valence-corrected chi connectivity index (χ0v) is 14.7. The molecule has 0 unspecified atom stereocenters. The van der Waals surface area contributed by atoms with Gasteiger partial charge in [0.25, 0.3) is 5.56 Å². The number of aromatic amines is 2. The Morgan fingerprint density at radius 2 is 2.00 bits per heavy atom. The Balaban J connectivity index is 1.57. The van der Waals surface area contributed by atoms with Crippen molar-refractivity contribution in [3.8, 4) is 11.4 Å². The number of carbonyl (C=O) groups excluding carboxylic acids is 1. The van der Waals surface area contributed by atoms with Crippen molar-refractivity contribution < 1.29 is 4.79 Å². The number of hydrogen-bond acceptors (Lipinski definition) is 5. The fraction of sp³-hybridized carbons (Fsp3) is 0.278. The van der Waals surface area contributed by atoms with Crippen LogP contribution in [0.1, 0.15) is 24.4 Å². The van der Waals surface area contributed by atoms with Gasteiger partial charge in [0.05, 0.1) is 19.0 Å². The van der Waals surface area contributed by atoms with Gasteiger partial charge in [-0.2, -0.15) is 5.10 Å². The number of hydrogen-bond donors (Lipinski definition) is 2. The van der Waals surface area contributed by atoms with E-state index in [1.54, 1.807) is 4.90 Å². The van der Waals surface area contributed by atoms with Gasteiger partial charge in [-0.1, -0.05) is 30.3 Å². The van der Waals surface area contributed by atoms with Crippen LogP contribution in [0.25, 0.3) is 11.4 Å². The van der Waals surface area contributed by atoms with Crippen LogP contribution in [0, 0.1) is 0 Å². The third-order valence-electron chi connectivity index (χ3n) is 4.68. The van der Waals surface area contributed by atoms with Crippen LogP contribution in [0.4, 0.5) is 0 Å². The number of rotatable bonds is 3. The summed E-state index contributed by atoms with van der Waals surface area (Å²) in [4.78, 5) is 46.5. The normalized spacial score (nSPS) is 16.2. The summed E-state index contributed by atoms with van der Waals surface area (Å²) < 4.78 is 1.82. The van der Waals surface area contributed by atoms with Crippen molar-refractivity contribution in [1.29, 1.82) is 0 Å². The van der Waals surface area contributed by atoms with Crippen LogP contribution < -0.4 is 11.2 Å². The summed E-state index contributed by atoms with van der Waals surface area (Å²) in [5, 5.41) is 4.55. The maximum absolute atomic E-state index is 12.7. The average Bonchev–Trinajstić information content (AvgIpc) is 3.10. The Kier molecular flexibility index (Phi) is 4.19. The van der Waals surface area contributed by atoms with E-state index in [0.29, 0.717) is 24.7 Å². The number of aromatic nitrogens is 5. The second-order valence-corrected chi connectivity index (χ2v) is 6.42. The molecule has 0 fully saturated rings. The first kappa shape index (κ1) is 17.0. The predicted octanol–water partition coefficient (Wildman–Crippen LogP) is 0.468. The summed E-state index contributed by atoms with van der Waals surface area (Å²) in [7, 11) is 0. The van der Waals surface area contributed by atoms with E-state index in [1.807, 2.05) is 41.9 Å². The molecule has 1 atom stereocenters. The minimum Gasteiger partial charge on any atom is -0.331 e. The molecule has 2 aromatic heterocycles. The summed E-state index contributed by atoms with van der Waals surface area (Å²) >= 11 is 0. The Bertz CT molecular complexity index is 1100. The van der Waals surface area contributed by atoms with Gasteiger partial charge in [0.15, 0.2) is 5.82 Å². The van der Waals surface area contributed by atoms with Crippen molar-refractivity contribution >= 4 is 5.91 Å². The molecule has 0 aliphatic carbocycles. The van der Waals surface area contributed by atoms with E-state index in [9.17, 15) is 14.4 Å². The van der Waals surface area contributed by atoms with Gasteiger partial charge >= 0.3 is 5.69 Å². The molecule has 0 saturated heterocycles.